The molecule has 0 bridgehead atoms. The zero-order chi connectivity index (χ0) is 16.7. The van der Waals surface area contributed by atoms with Gasteiger partial charge in [-0.3, -0.25) is 9.48 Å². The Balaban J connectivity index is 1.82. The van der Waals surface area contributed by atoms with E-state index in [4.69, 9.17) is 4.52 Å². The van der Waals surface area contributed by atoms with E-state index in [0.717, 1.165) is 21.9 Å². The van der Waals surface area contributed by atoms with Gasteiger partial charge < -0.3 is 9.84 Å². The summed E-state index contributed by atoms with van der Waals surface area (Å²) < 4.78 is 6.79. The van der Waals surface area contributed by atoms with E-state index in [2.05, 4.69) is 15.6 Å². The molecular weight excluding hydrogens is 298 g/mol. The number of hydrogen-bond acceptors (Lipinski definition) is 5. The van der Waals surface area contributed by atoms with Crippen molar-refractivity contribution in [3.63, 3.8) is 0 Å². The Hall–Kier alpha value is -2.64. The van der Waals surface area contributed by atoms with Crippen molar-refractivity contribution in [1.29, 1.82) is 0 Å². The maximum absolute atomic E-state index is 12.4. The first-order valence-electron chi connectivity index (χ1n) is 7.47. The van der Waals surface area contributed by atoms with Gasteiger partial charge in [0, 0.05) is 11.8 Å². The second-order valence-corrected chi connectivity index (χ2v) is 6.04. The SMILES string of the molecule is Cc1noc(C)c1Cn1cc(N2C(=O)N[C@@H](C(C)C)C2=O)cn1. The number of rotatable bonds is 4. The summed E-state index contributed by atoms with van der Waals surface area (Å²) in [6, 6.07) is -0.904. The van der Waals surface area contributed by atoms with E-state index in [9.17, 15) is 9.59 Å². The van der Waals surface area contributed by atoms with Gasteiger partial charge in [-0.1, -0.05) is 19.0 Å². The van der Waals surface area contributed by atoms with Crippen molar-refractivity contribution in [2.45, 2.75) is 40.3 Å². The summed E-state index contributed by atoms with van der Waals surface area (Å²) >= 11 is 0. The Morgan fingerprint density at radius 3 is 2.65 bits per heavy atom. The quantitative estimate of drug-likeness (QED) is 0.865. The van der Waals surface area contributed by atoms with Crippen LogP contribution in [0.3, 0.4) is 0 Å². The first-order chi connectivity index (χ1) is 10.9. The molecule has 1 aliphatic heterocycles. The van der Waals surface area contributed by atoms with Crippen LogP contribution in [-0.2, 0) is 11.3 Å². The fourth-order valence-electron chi connectivity index (χ4n) is 2.64. The van der Waals surface area contributed by atoms with Gasteiger partial charge in [0.05, 0.1) is 24.1 Å². The molecule has 1 fully saturated rings. The summed E-state index contributed by atoms with van der Waals surface area (Å²) in [6.45, 7) is 7.96. The van der Waals surface area contributed by atoms with Gasteiger partial charge in [-0.2, -0.15) is 5.10 Å². The lowest BCUT2D eigenvalue weighted by atomic mass is 10.1. The van der Waals surface area contributed by atoms with Crippen molar-refractivity contribution in [2.75, 3.05) is 4.90 Å². The second kappa shape index (κ2) is 5.53. The second-order valence-electron chi connectivity index (χ2n) is 6.04. The van der Waals surface area contributed by atoms with Crippen LogP contribution in [0.2, 0.25) is 0 Å². The minimum atomic E-state index is -0.492. The monoisotopic (exact) mass is 317 g/mol. The molecular formula is C15H19N5O3. The van der Waals surface area contributed by atoms with E-state index in [1.807, 2.05) is 27.7 Å². The van der Waals surface area contributed by atoms with Gasteiger partial charge >= 0.3 is 6.03 Å². The minimum absolute atomic E-state index is 0.0359. The standard InChI is InChI=1S/C15H19N5O3/c1-8(2)13-14(21)20(15(22)17-13)11-5-16-19(6-11)7-12-9(3)18-23-10(12)4/h5-6,8,13H,7H2,1-4H3,(H,17,22)/t13-/m0/s1. The van der Waals surface area contributed by atoms with Gasteiger partial charge in [0.2, 0.25) is 0 Å². The molecule has 1 N–H and O–H groups in total. The van der Waals surface area contributed by atoms with Crippen LogP contribution in [0.25, 0.3) is 0 Å². The third-order valence-corrected chi connectivity index (χ3v) is 4.01. The Morgan fingerprint density at radius 1 is 1.35 bits per heavy atom. The number of carbonyl (C=O) groups excluding carboxylic acids is 2. The predicted molar refractivity (Wildman–Crippen MR) is 81.9 cm³/mol. The summed E-state index contributed by atoms with van der Waals surface area (Å²) in [6.07, 6.45) is 3.18. The number of nitrogens with zero attached hydrogens (tertiary/aromatic N) is 4. The van der Waals surface area contributed by atoms with Gasteiger partial charge in [-0.25, -0.2) is 9.69 Å². The fraction of sp³-hybridized carbons (Fsp3) is 0.467. The fourth-order valence-corrected chi connectivity index (χ4v) is 2.64. The topological polar surface area (TPSA) is 93.3 Å². The summed E-state index contributed by atoms with van der Waals surface area (Å²) in [5, 5.41) is 10.8. The molecule has 1 aliphatic rings. The third kappa shape index (κ3) is 2.60. The summed E-state index contributed by atoms with van der Waals surface area (Å²) in [7, 11) is 0. The first kappa shape index (κ1) is 15.3. The predicted octanol–water partition coefficient (Wildman–Crippen LogP) is 1.62. The van der Waals surface area contributed by atoms with E-state index in [1.54, 1.807) is 10.9 Å². The molecule has 122 valence electrons. The zero-order valence-electron chi connectivity index (χ0n) is 13.5. The van der Waals surface area contributed by atoms with Crippen LogP contribution in [0.5, 0.6) is 0 Å². The van der Waals surface area contributed by atoms with Crippen molar-refractivity contribution in [1.82, 2.24) is 20.3 Å². The number of carbonyl (C=O) groups is 2. The van der Waals surface area contributed by atoms with Crippen LogP contribution >= 0.6 is 0 Å². The summed E-state index contributed by atoms with van der Waals surface area (Å²) in [5.41, 5.74) is 2.20. The van der Waals surface area contributed by atoms with E-state index in [0.29, 0.717) is 12.2 Å². The molecule has 2 aromatic rings. The number of anilines is 1. The highest BCUT2D eigenvalue weighted by Gasteiger charge is 2.41. The van der Waals surface area contributed by atoms with Crippen molar-refractivity contribution in [3.8, 4) is 0 Å². The molecule has 1 atom stereocenters. The van der Waals surface area contributed by atoms with Gasteiger partial charge in [0.1, 0.15) is 11.8 Å². The molecule has 0 spiro atoms. The number of amides is 3. The molecule has 3 amide bonds. The van der Waals surface area contributed by atoms with Gasteiger partial charge in [0.15, 0.2) is 0 Å². The van der Waals surface area contributed by atoms with Crippen LogP contribution in [0.4, 0.5) is 10.5 Å². The van der Waals surface area contributed by atoms with Gasteiger partial charge in [-0.05, 0) is 19.8 Å². The summed E-state index contributed by atoms with van der Waals surface area (Å²) in [5.74, 6) is 0.519. The van der Waals surface area contributed by atoms with Crippen molar-refractivity contribution in [3.05, 3.63) is 29.4 Å². The lowest BCUT2D eigenvalue weighted by Crippen LogP contribution is -2.34. The molecule has 3 rings (SSSR count). The van der Waals surface area contributed by atoms with E-state index < -0.39 is 12.1 Å². The average Bonchev–Trinajstić information content (AvgIpc) is 3.14. The third-order valence-electron chi connectivity index (χ3n) is 4.01. The molecule has 3 heterocycles. The highest BCUT2D eigenvalue weighted by molar-refractivity contribution is 6.21. The van der Waals surface area contributed by atoms with Gasteiger partial charge in [0.25, 0.3) is 5.91 Å². The number of hydrogen-bond donors (Lipinski definition) is 1. The first-order valence-corrected chi connectivity index (χ1v) is 7.47. The Morgan fingerprint density at radius 2 is 2.09 bits per heavy atom. The molecule has 1 saturated heterocycles. The normalized spacial score (nSPS) is 18.1. The molecule has 2 aromatic heterocycles. The maximum atomic E-state index is 12.4. The highest BCUT2D eigenvalue weighted by atomic mass is 16.5. The van der Waals surface area contributed by atoms with Gasteiger partial charge in [-0.15, -0.1) is 0 Å². The Labute approximate surface area is 133 Å². The number of urea groups is 1. The zero-order valence-corrected chi connectivity index (χ0v) is 13.5. The van der Waals surface area contributed by atoms with E-state index >= 15 is 0 Å². The molecule has 0 radical (unpaired) electrons. The number of aryl methyl sites for hydroxylation is 2. The van der Waals surface area contributed by atoms with Crippen molar-refractivity contribution in [2.24, 2.45) is 5.92 Å². The van der Waals surface area contributed by atoms with E-state index in [-0.39, 0.29) is 11.8 Å². The molecule has 8 heteroatoms. The lowest BCUT2D eigenvalue weighted by Gasteiger charge is -2.12. The van der Waals surface area contributed by atoms with Crippen LogP contribution in [0.15, 0.2) is 16.9 Å². The number of nitrogens with one attached hydrogen (secondary N) is 1. The lowest BCUT2D eigenvalue weighted by molar-refractivity contribution is -0.119. The Bertz CT molecular complexity index is 742. The smallest absolute Gasteiger partial charge is 0.329 e. The van der Waals surface area contributed by atoms with Crippen molar-refractivity contribution < 1.29 is 14.1 Å². The van der Waals surface area contributed by atoms with Crippen molar-refractivity contribution >= 4 is 17.6 Å². The highest BCUT2D eigenvalue weighted by Crippen LogP contribution is 2.22. The molecule has 0 aliphatic carbocycles. The Kier molecular flexibility index (Phi) is 3.67. The van der Waals surface area contributed by atoms with Crippen LogP contribution < -0.4 is 10.2 Å². The molecule has 0 unspecified atom stereocenters. The maximum Gasteiger partial charge on any atom is 0.329 e. The molecule has 23 heavy (non-hydrogen) atoms. The molecule has 8 nitrogen and oxygen atoms in total. The average molecular weight is 317 g/mol. The number of imide groups is 1. The molecule has 0 aromatic carbocycles. The largest absolute Gasteiger partial charge is 0.361 e. The molecule has 0 saturated carbocycles. The summed E-state index contributed by atoms with van der Waals surface area (Å²) in [4.78, 5) is 25.6. The minimum Gasteiger partial charge on any atom is -0.361 e. The van der Waals surface area contributed by atoms with Crippen LogP contribution in [-0.4, -0.2) is 32.9 Å². The number of aromatic nitrogens is 3. The van der Waals surface area contributed by atoms with Crippen LogP contribution in [0, 0.1) is 19.8 Å². The van der Waals surface area contributed by atoms with E-state index in [1.165, 1.54) is 6.20 Å². The van der Waals surface area contributed by atoms with Crippen LogP contribution in [0.1, 0.15) is 30.9 Å².